The number of nitrogens with zero attached hydrogens (tertiary/aromatic N) is 2. The highest BCUT2D eigenvalue weighted by Crippen LogP contribution is 2.28. The molecule has 6 nitrogen and oxygen atoms in total. The summed E-state index contributed by atoms with van der Waals surface area (Å²) in [4.78, 5) is 30.3. The Bertz CT molecular complexity index is 584. The summed E-state index contributed by atoms with van der Waals surface area (Å²) in [6.45, 7) is 5.73. The lowest BCUT2D eigenvalue weighted by molar-refractivity contribution is -0.122. The number of rotatable bonds is 5. The highest BCUT2D eigenvalue weighted by Gasteiger charge is 2.28. The smallest absolute Gasteiger partial charge is 0.291 e. The van der Waals surface area contributed by atoms with Crippen molar-refractivity contribution in [3.05, 3.63) is 17.3 Å². The number of nitrogens with one attached hydrogen (secondary N) is 1. The second kappa shape index (κ2) is 6.72. The van der Waals surface area contributed by atoms with Gasteiger partial charge >= 0.3 is 0 Å². The minimum Gasteiger partial charge on any atom is -0.436 e. The fraction of sp³-hybridized carbons (Fsp3) is 0.706. The summed E-state index contributed by atoms with van der Waals surface area (Å²) < 4.78 is 5.41. The Labute approximate surface area is 136 Å². The first kappa shape index (κ1) is 16.0. The van der Waals surface area contributed by atoms with Crippen LogP contribution in [0.5, 0.6) is 0 Å². The zero-order valence-electron chi connectivity index (χ0n) is 13.9. The molecule has 1 aromatic rings. The van der Waals surface area contributed by atoms with Gasteiger partial charge in [-0.2, -0.15) is 0 Å². The van der Waals surface area contributed by atoms with Crippen LogP contribution in [0.25, 0.3) is 0 Å². The number of piperidine rings is 1. The third-order valence-electron chi connectivity index (χ3n) is 4.76. The zero-order valence-corrected chi connectivity index (χ0v) is 13.9. The number of amides is 2. The van der Waals surface area contributed by atoms with Crippen LogP contribution in [-0.4, -0.2) is 41.3 Å². The Morgan fingerprint density at radius 2 is 1.87 bits per heavy atom. The van der Waals surface area contributed by atoms with Gasteiger partial charge in [0.25, 0.3) is 5.91 Å². The van der Waals surface area contributed by atoms with Crippen molar-refractivity contribution in [3.8, 4) is 0 Å². The van der Waals surface area contributed by atoms with Crippen molar-refractivity contribution < 1.29 is 14.0 Å². The van der Waals surface area contributed by atoms with Gasteiger partial charge in [0, 0.05) is 33.0 Å². The first-order valence-corrected chi connectivity index (χ1v) is 8.53. The van der Waals surface area contributed by atoms with Crippen LogP contribution in [-0.2, 0) is 4.79 Å². The fourth-order valence-corrected chi connectivity index (χ4v) is 3.13. The molecule has 2 heterocycles. The lowest BCUT2D eigenvalue weighted by Crippen LogP contribution is -2.40. The van der Waals surface area contributed by atoms with Crippen LogP contribution in [0.15, 0.2) is 4.42 Å². The van der Waals surface area contributed by atoms with Gasteiger partial charge in [-0.15, -0.1) is 0 Å². The Hall–Kier alpha value is -1.85. The average Bonchev–Trinajstić information content (AvgIpc) is 3.29. The molecule has 6 heteroatoms. The monoisotopic (exact) mass is 319 g/mol. The summed E-state index contributed by atoms with van der Waals surface area (Å²) in [7, 11) is 0. The van der Waals surface area contributed by atoms with Crippen molar-refractivity contribution in [2.75, 3.05) is 19.6 Å². The van der Waals surface area contributed by atoms with Crippen molar-refractivity contribution in [1.29, 1.82) is 0 Å². The molecule has 1 N–H and O–H groups in total. The lowest BCUT2D eigenvalue weighted by Gasteiger charge is -2.31. The van der Waals surface area contributed by atoms with E-state index in [2.05, 4.69) is 10.3 Å². The Morgan fingerprint density at radius 1 is 1.17 bits per heavy atom. The topological polar surface area (TPSA) is 75.4 Å². The predicted octanol–water partition coefficient (Wildman–Crippen LogP) is 2.06. The van der Waals surface area contributed by atoms with Crippen molar-refractivity contribution in [2.45, 2.75) is 46.0 Å². The van der Waals surface area contributed by atoms with Gasteiger partial charge in [0.05, 0.1) is 5.69 Å². The molecular formula is C17H25N3O3. The van der Waals surface area contributed by atoms with E-state index in [9.17, 15) is 9.59 Å². The van der Waals surface area contributed by atoms with Crippen LogP contribution in [0.4, 0.5) is 0 Å². The SMILES string of the molecule is Cc1nc(C)c(C(=O)N2CCC(CC(=O)NCC3CC3)CC2)o1. The molecule has 126 valence electrons. The Balaban J connectivity index is 1.45. The maximum Gasteiger partial charge on any atom is 0.291 e. The van der Waals surface area contributed by atoms with Crippen LogP contribution in [0, 0.1) is 25.7 Å². The zero-order chi connectivity index (χ0) is 16.4. The molecule has 1 aliphatic carbocycles. The second-order valence-electron chi connectivity index (χ2n) is 6.83. The third-order valence-corrected chi connectivity index (χ3v) is 4.76. The molecule has 0 radical (unpaired) electrons. The van der Waals surface area contributed by atoms with Crippen LogP contribution >= 0.6 is 0 Å². The summed E-state index contributed by atoms with van der Waals surface area (Å²) in [5, 5.41) is 3.02. The van der Waals surface area contributed by atoms with Crippen molar-refractivity contribution >= 4 is 11.8 Å². The number of hydrogen-bond donors (Lipinski definition) is 1. The van der Waals surface area contributed by atoms with Gasteiger partial charge < -0.3 is 14.6 Å². The van der Waals surface area contributed by atoms with Crippen molar-refractivity contribution in [3.63, 3.8) is 0 Å². The van der Waals surface area contributed by atoms with Gasteiger partial charge in [0.2, 0.25) is 11.7 Å². The molecule has 0 aromatic carbocycles. The van der Waals surface area contributed by atoms with E-state index in [-0.39, 0.29) is 11.8 Å². The quantitative estimate of drug-likeness (QED) is 0.901. The highest BCUT2D eigenvalue weighted by molar-refractivity contribution is 5.92. The number of hydrogen-bond acceptors (Lipinski definition) is 4. The van der Waals surface area contributed by atoms with E-state index in [1.165, 1.54) is 12.8 Å². The van der Waals surface area contributed by atoms with Crippen LogP contribution < -0.4 is 5.32 Å². The highest BCUT2D eigenvalue weighted by atomic mass is 16.4. The molecular weight excluding hydrogens is 294 g/mol. The van der Waals surface area contributed by atoms with E-state index in [1.54, 1.807) is 13.8 Å². The normalized spacial score (nSPS) is 19.0. The summed E-state index contributed by atoms with van der Waals surface area (Å²) in [5.41, 5.74) is 0.647. The van der Waals surface area contributed by atoms with Crippen molar-refractivity contribution in [1.82, 2.24) is 15.2 Å². The molecule has 2 aliphatic rings. The molecule has 0 unspecified atom stereocenters. The maximum atomic E-state index is 12.5. The molecule has 0 bridgehead atoms. The van der Waals surface area contributed by atoms with Gasteiger partial charge in [-0.3, -0.25) is 9.59 Å². The standard InChI is InChI=1S/C17H25N3O3/c1-11-16(23-12(2)19-11)17(22)20-7-5-13(6-8-20)9-15(21)18-10-14-3-4-14/h13-14H,3-10H2,1-2H3,(H,18,21). The second-order valence-corrected chi connectivity index (χ2v) is 6.83. The molecule has 1 aromatic heterocycles. The molecule has 3 rings (SSSR count). The molecule has 0 spiro atoms. The van der Waals surface area contributed by atoms with E-state index in [4.69, 9.17) is 4.42 Å². The number of likely N-dealkylation sites (tertiary alicyclic amines) is 1. The van der Waals surface area contributed by atoms with Gasteiger partial charge in [0.15, 0.2) is 5.89 Å². The molecule has 1 aliphatic heterocycles. The first-order valence-electron chi connectivity index (χ1n) is 8.53. The number of aryl methyl sites for hydroxylation is 2. The van der Waals surface area contributed by atoms with E-state index in [1.807, 2.05) is 4.90 Å². The van der Waals surface area contributed by atoms with Crippen LogP contribution in [0.1, 0.15) is 54.2 Å². The molecule has 1 saturated heterocycles. The average molecular weight is 319 g/mol. The van der Waals surface area contributed by atoms with Gasteiger partial charge in [-0.1, -0.05) is 0 Å². The largest absolute Gasteiger partial charge is 0.436 e. The summed E-state index contributed by atoms with van der Waals surface area (Å²) in [5.74, 6) is 2.03. The number of carbonyl (C=O) groups excluding carboxylic acids is 2. The Kier molecular flexibility index (Phi) is 4.68. The van der Waals surface area contributed by atoms with Crippen LogP contribution in [0.3, 0.4) is 0 Å². The van der Waals surface area contributed by atoms with Gasteiger partial charge in [0.1, 0.15) is 0 Å². The first-order chi connectivity index (χ1) is 11.0. The minimum atomic E-state index is -0.0836. The van der Waals surface area contributed by atoms with E-state index >= 15 is 0 Å². The van der Waals surface area contributed by atoms with E-state index in [0.717, 1.165) is 19.4 Å². The Morgan fingerprint density at radius 3 is 2.43 bits per heavy atom. The predicted molar refractivity (Wildman–Crippen MR) is 85.0 cm³/mol. The molecule has 2 fully saturated rings. The number of aromatic nitrogens is 1. The maximum absolute atomic E-state index is 12.5. The van der Waals surface area contributed by atoms with Gasteiger partial charge in [-0.05, 0) is 44.4 Å². The van der Waals surface area contributed by atoms with E-state index < -0.39 is 0 Å². The third kappa shape index (κ3) is 4.12. The molecule has 23 heavy (non-hydrogen) atoms. The summed E-state index contributed by atoms with van der Waals surface area (Å²) in [6.07, 6.45) is 4.82. The fourth-order valence-electron chi connectivity index (χ4n) is 3.13. The van der Waals surface area contributed by atoms with Gasteiger partial charge in [-0.25, -0.2) is 4.98 Å². The number of carbonyl (C=O) groups is 2. The van der Waals surface area contributed by atoms with E-state index in [0.29, 0.717) is 48.7 Å². The van der Waals surface area contributed by atoms with Crippen molar-refractivity contribution in [2.24, 2.45) is 11.8 Å². The number of oxazole rings is 1. The summed E-state index contributed by atoms with van der Waals surface area (Å²) >= 11 is 0. The summed E-state index contributed by atoms with van der Waals surface area (Å²) in [6, 6.07) is 0. The minimum absolute atomic E-state index is 0.0836. The molecule has 0 atom stereocenters. The molecule has 1 saturated carbocycles. The lowest BCUT2D eigenvalue weighted by atomic mass is 9.93. The molecule has 2 amide bonds. The van der Waals surface area contributed by atoms with Crippen LogP contribution in [0.2, 0.25) is 0 Å².